The smallest absolute Gasteiger partial charge is 0.164 e. The minimum atomic E-state index is 0.608. The zero-order valence-corrected chi connectivity index (χ0v) is 34.2. The SMILES string of the molecule is Cc1cc(-c2cc(-c3ccc(-c4nc(-c5ccccc5)nc(-c5ccccc5)n4)cc3)cc(-c3cccc(-c4nc(-c5ccccc5)cc(-c5ccccc5)n4)c3)c2)nc(C)n1. The molecule has 0 amide bonds. The highest BCUT2D eigenvalue weighted by atomic mass is 15.0. The second-order valence-electron chi connectivity index (χ2n) is 15.1. The molecule has 0 aliphatic carbocycles. The molecule has 0 bridgehead atoms. The summed E-state index contributed by atoms with van der Waals surface area (Å²) in [5, 5.41) is 0. The molecule has 7 aromatic carbocycles. The fourth-order valence-corrected chi connectivity index (χ4v) is 7.65. The van der Waals surface area contributed by atoms with Gasteiger partial charge in [-0.05, 0) is 72.5 Å². The zero-order valence-electron chi connectivity index (χ0n) is 34.2. The summed E-state index contributed by atoms with van der Waals surface area (Å²) in [7, 11) is 0. The third-order valence-electron chi connectivity index (χ3n) is 10.7. The van der Waals surface area contributed by atoms with E-state index in [9.17, 15) is 0 Å². The van der Waals surface area contributed by atoms with Gasteiger partial charge in [0.2, 0.25) is 0 Å². The van der Waals surface area contributed by atoms with Crippen molar-refractivity contribution in [3.8, 4) is 102 Å². The Morgan fingerprint density at radius 3 is 1.11 bits per heavy atom. The molecule has 62 heavy (non-hydrogen) atoms. The topological polar surface area (TPSA) is 90.2 Å². The standard InChI is InChI=1S/C55H39N7/c1-36-30-49(57-37(2)56-36)48-33-46(38-26-28-43(29-27-38)54-61-52(41-20-11-5-12-21-41)60-53(62-54)42-22-13-6-14-23-42)32-47(34-48)44-24-15-25-45(31-44)55-58-50(39-16-7-3-8-17-39)35-51(59-55)40-18-9-4-10-19-40/h3-35H,1-2H3. The monoisotopic (exact) mass is 797 g/mol. The molecular weight excluding hydrogens is 759 g/mol. The Hall–Kier alpha value is -8.29. The van der Waals surface area contributed by atoms with Gasteiger partial charge in [-0.15, -0.1) is 0 Å². The van der Waals surface area contributed by atoms with Crippen LogP contribution in [0.25, 0.3) is 102 Å². The molecule has 0 fully saturated rings. The van der Waals surface area contributed by atoms with E-state index >= 15 is 0 Å². The molecule has 0 aliphatic heterocycles. The van der Waals surface area contributed by atoms with Crippen molar-refractivity contribution in [1.29, 1.82) is 0 Å². The minimum Gasteiger partial charge on any atom is -0.239 e. The second-order valence-corrected chi connectivity index (χ2v) is 15.1. The Morgan fingerprint density at radius 1 is 0.226 bits per heavy atom. The normalized spacial score (nSPS) is 11.1. The summed E-state index contributed by atoms with van der Waals surface area (Å²) < 4.78 is 0. The Labute approximate surface area is 360 Å². The summed E-state index contributed by atoms with van der Waals surface area (Å²) in [6.07, 6.45) is 0. The van der Waals surface area contributed by atoms with Gasteiger partial charge < -0.3 is 0 Å². The third-order valence-corrected chi connectivity index (χ3v) is 10.7. The van der Waals surface area contributed by atoms with Crippen LogP contribution in [0.15, 0.2) is 200 Å². The van der Waals surface area contributed by atoms with Crippen LogP contribution in [0.4, 0.5) is 0 Å². The van der Waals surface area contributed by atoms with E-state index in [1.54, 1.807) is 0 Å². The van der Waals surface area contributed by atoms with Crippen LogP contribution in [-0.2, 0) is 0 Å². The molecule has 0 saturated heterocycles. The van der Waals surface area contributed by atoms with Gasteiger partial charge in [0, 0.05) is 44.6 Å². The van der Waals surface area contributed by atoms with E-state index in [1.807, 2.05) is 117 Å². The van der Waals surface area contributed by atoms with Crippen LogP contribution >= 0.6 is 0 Å². The number of benzene rings is 7. The van der Waals surface area contributed by atoms with Crippen LogP contribution in [-0.4, -0.2) is 34.9 Å². The molecule has 3 aromatic heterocycles. The van der Waals surface area contributed by atoms with Gasteiger partial charge in [-0.3, -0.25) is 0 Å². The molecule has 7 heteroatoms. The number of aryl methyl sites for hydroxylation is 2. The Bertz CT molecular complexity index is 3040. The van der Waals surface area contributed by atoms with Crippen molar-refractivity contribution in [1.82, 2.24) is 34.9 Å². The molecule has 10 rings (SSSR count). The number of rotatable bonds is 9. The van der Waals surface area contributed by atoms with Crippen molar-refractivity contribution < 1.29 is 0 Å². The predicted octanol–water partition coefficient (Wildman–Crippen LogP) is 13.1. The first-order valence-electron chi connectivity index (χ1n) is 20.6. The molecule has 3 heterocycles. The number of nitrogens with zero attached hydrogens (tertiary/aromatic N) is 7. The number of hydrogen-bond acceptors (Lipinski definition) is 7. The molecule has 0 aliphatic rings. The van der Waals surface area contributed by atoms with Crippen LogP contribution in [0.1, 0.15) is 11.5 Å². The fourth-order valence-electron chi connectivity index (χ4n) is 7.65. The van der Waals surface area contributed by atoms with Crippen molar-refractivity contribution in [2.75, 3.05) is 0 Å². The summed E-state index contributed by atoms with van der Waals surface area (Å²) >= 11 is 0. The number of aromatic nitrogens is 7. The Balaban J connectivity index is 1.07. The maximum absolute atomic E-state index is 5.12. The summed E-state index contributed by atoms with van der Waals surface area (Å²) in [5.74, 6) is 3.25. The molecule has 7 nitrogen and oxygen atoms in total. The molecule has 0 radical (unpaired) electrons. The summed E-state index contributed by atoms with van der Waals surface area (Å²) in [6, 6.07) is 68.2. The summed E-state index contributed by atoms with van der Waals surface area (Å²) in [4.78, 5) is 34.5. The fraction of sp³-hybridized carbons (Fsp3) is 0.0364. The quantitative estimate of drug-likeness (QED) is 0.144. The van der Waals surface area contributed by atoms with Crippen molar-refractivity contribution in [3.63, 3.8) is 0 Å². The van der Waals surface area contributed by atoms with Crippen molar-refractivity contribution in [3.05, 3.63) is 212 Å². The van der Waals surface area contributed by atoms with Gasteiger partial charge in [0.15, 0.2) is 23.3 Å². The summed E-state index contributed by atoms with van der Waals surface area (Å²) in [6.45, 7) is 3.94. The molecule has 294 valence electrons. The van der Waals surface area contributed by atoms with Gasteiger partial charge in [0.05, 0.1) is 17.1 Å². The van der Waals surface area contributed by atoms with Gasteiger partial charge in [-0.25, -0.2) is 34.9 Å². The Kier molecular flexibility index (Phi) is 10.3. The van der Waals surface area contributed by atoms with Crippen molar-refractivity contribution in [2.24, 2.45) is 0 Å². The molecule has 10 aromatic rings. The highest BCUT2D eigenvalue weighted by molar-refractivity contribution is 5.83. The van der Waals surface area contributed by atoms with Crippen LogP contribution in [0.3, 0.4) is 0 Å². The zero-order chi connectivity index (χ0) is 41.8. The van der Waals surface area contributed by atoms with Gasteiger partial charge in [0.1, 0.15) is 5.82 Å². The maximum atomic E-state index is 5.12. The van der Waals surface area contributed by atoms with Gasteiger partial charge in [-0.2, -0.15) is 0 Å². The van der Waals surface area contributed by atoms with Crippen molar-refractivity contribution in [2.45, 2.75) is 13.8 Å². The number of hydrogen-bond donors (Lipinski definition) is 0. The third kappa shape index (κ3) is 8.15. The van der Waals surface area contributed by atoms with Gasteiger partial charge >= 0.3 is 0 Å². The average Bonchev–Trinajstić information content (AvgIpc) is 3.34. The maximum Gasteiger partial charge on any atom is 0.164 e. The largest absolute Gasteiger partial charge is 0.239 e. The van der Waals surface area contributed by atoms with E-state index in [2.05, 4.69) is 102 Å². The highest BCUT2D eigenvalue weighted by Crippen LogP contribution is 2.36. The lowest BCUT2D eigenvalue weighted by Gasteiger charge is -2.13. The van der Waals surface area contributed by atoms with E-state index in [0.717, 1.165) is 89.8 Å². The average molecular weight is 798 g/mol. The second kappa shape index (κ2) is 16.8. The van der Waals surface area contributed by atoms with Gasteiger partial charge in [-0.1, -0.05) is 164 Å². The lowest BCUT2D eigenvalue weighted by atomic mass is 9.93. The van der Waals surface area contributed by atoms with Crippen LogP contribution < -0.4 is 0 Å². The Morgan fingerprint density at radius 2 is 0.597 bits per heavy atom. The van der Waals surface area contributed by atoms with Crippen LogP contribution in [0, 0.1) is 13.8 Å². The van der Waals surface area contributed by atoms with E-state index in [-0.39, 0.29) is 0 Å². The van der Waals surface area contributed by atoms with E-state index in [4.69, 9.17) is 29.9 Å². The molecule has 0 unspecified atom stereocenters. The lowest BCUT2D eigenvalue weighted by Crippen LogP contribution is -2.00. The van der Waals surface area contributed by atoms with E-state index < -0.39 is 0 Å². The first kappa shape index (κ1) is 37.9. The van der Waals surface area contributed by atoms with Crippen molar-refractivity contribution >= 4 is 0 Å². The molecular formula is C55H39N7. The van der Waals surface area contributed by atoms with E-state index in [1.165, 1.54) is 0 Å². The first-order valence-corrected chi connectivity index (χ1v) is 20.6. The predicted molar refractivity (Wildman–Crippen MR) is 249 cm³/mol. The lowest BCUT2D eigenvalue weighted by molar-refractivity contribution is 1.02. The van der Waals surface area contributed by atoms with Crippen LogP contribution in [0.2, 0.25) is 0 Å². The molecule has 0 atom stereocenters. The van der Waals surface area contributed by atoms with Gasteiger partial charge in [0.25, 0.3) is 0 Å². The molecule has 0 spiro atoms. The van der Waals surface area contributed by atoms with E-state index in [0.29, 0.717) is 23.3 Å². The minimum absolute atomic E-state index is 0.608. The molecule has 0 N–H and O–H groups in total. The highest BCUT2D eigenvalue weighted by Gasteiger charge is 2.16. The summed E-state index contributed by atoms with van der Waals surface area (Å²) in [5.41, 5.74) is 14.4. The first-order chi connectivity index (χ1) is 30.5. The molecule has 0 saturated carbocycles. The van der Waals surface area contributed by atoms with Crippen LogP contribution in [0.5, 0.6) is 0 Å².